The maximum Gasteiger partial charge on any atom is 0.300 e. The smallest absolute Gasteiger partial charge is 0.300 e. The van der Waals surface area contributed by atoms with Gasteiger partial charge in [0.15, 0.2) is 0 Å². The van der Waals surface area contributed by atoms with Crippen LogP contribution in [0.3, 0.4) is 0 Å². The van der Waals surface area contributed by atoms with Crippen LogP contribution in [0.15, 0.2) is 12.3 Å². The molecule has 6 heteroatoms. The highest BCUT2D eigenvalue weighted by Crippen LogP contribution is 2.30. The molecular weight excluding hydrogens is 283 g/mol. The van der Waals surface area contributed by atoms with Crippen LogP contribution >= 0.6 is 0 Å². The van der Waals surface area contributed by atoms with Gasteiger partial charge in [0.1, 0.15) is 0 Å². The Hall–Kier alpha value is -0.620. The van der Waals surface area contributed by atoms with Gasteiger partial charge in [-0.1, -0.05) is 40.2 Å². The van der Waals surface area contributed by atoms with Crippen LogP contribution in [0.25, 0.3) is 0 Å². The summed E-state index contributed by atoms with van der Waals surface area (Å²) in [6, 6.07) is 0. The normalized spacial score (nSPS) is 18.1. The zero-order valence-electron chi connectivity index (χ0n) is 12.9. The second-order valence-electron chi connectivity index (χ2n) is 5.51. The van der Waals surface area contributed by atoms with Gasteiger partial charge in [-0.05, 0) is 19.8 Å². The van der Waals surface area contributed by atoms with E-state index in [9.17, 15) is 12.8 Å². The molecule has 0 fully saturated rings. The number of ether oxygens (including phenoxy) is 1. The summed E-state index contributed by atoms with van der Waals surface area (Å²) >= 11 is 0. The van der Waals surface area contributed by atoms with Gasteiger partial charge in [0.2, 0.25) is 5.00 Å². The fraction of sp³-hybridized carbons (Fsp3) is 0.857. The van der Waals surface area contributed by atoms with Crippen LogP contribution in [0, 0.1) is 11.8 Å². The Bertz CT molecular complexity index is 403. The predicted molar refractivity (Wildman–Crippen MR) is 78.6 cm³/mol. The first-order valence-electron chi connectivity index (χ1n) is 7.01. The molecule has 0 aliphatic heterocycles. The van der Waals surface area contributed by atoms with Crippen molar-refractivity contribution in [3.63, 3.8) is 0 Å². The van der Waals surface area contributed by atoms with Crippen molar-refractivity contribution in [2.75, 3.05) is 6.61 Å². The number of unbranched alkanes of at least 4 members (excludes halogenated alkanes) is 1. The molecule has 0 radical (unpaired) electrons. The number of rotatable bonds is 10. The van der Waals surface area contributed by atoms with Crippen LogP contribution in [0.5, 0.6) is 0 Å². The lowest BCUT2D eigenvalue weighted by Crippen LogP contribution is -2.37. The first kappa shape index (κ1) is 19.4. The monoisotopic (exact) mass is 310 g/mol. The minimum atomic E-state index is -4.73. The van der Waals surface area contributed by atoms with Gasteiger partial charge in [0.25, 0.3) is 10.1 Å². The summed E-state index contributed by atoms with van der Waals surface area (Å²) in [5.74, 6) is -0.00194. The first-order chi connectivity index (χ1) is 9.04. The van der Waals surface area contributed by atoms with Crippen molar-refractivity contribution in [3.8, 4) is 0 Å². The second-order valence-corrected chi connectivity index (χ2v) is 7.26. The Kier molecular flexibility index (Phi) is 7.73. The molecule has 0 aromatic rings. The zero-order valence-corrected chi connectivity index (χ0v) is 13.7. The van der Waals surface area contributed by atoms with Crippen molar-refractivity contribution in [2.45, 2.75) is 58.4 Å². The fourth-order valence-corrected chi connectivity index (χ4v) is 2.32. The third-order valence-corrected chi connectivity index (χ3v) is 5.17. The molecule has 0 aliphatic carbocycles. The lowest BCUT2D eigenvalue weighted by Gasteiger charge is -2.25. The van der Waals surface area contributed by atoms with Crippen molar-refractivity contribution < 1.29 is 22.1 Å². The molecule has 0 aromatic heterocycles. The summed E-state index contributed by atoms with van der Waals surface area (Å²) in [6.07, 6.45) is 3.36. The molecule has 0 aromatic carbocycles. The van der Waals surface area contributed by atoms with Crippen LogP contribution in [0.2, 0.25) is 0 Å². The van der Waals surface area contributed by atoms with Crippen molar-refractivity contribution in [1.29, 1.82) is 0 Å². The fourth-order valence-electron chi connectivity index (χ4n) is 1.69. The average molecular weight is 310 g/mol. The van der Waals surface area contributed by atoms with E-state index < -0.39 is 21.0 Å². The van der Waals surface area contributed by atoms with E-state index in [0.29, 0.717) is 5.76 Å². The number of hydrogen-bond acceptors (Lipinski definition) is 3. The summed E-state index contributed by atoms with van der Waals surface area (Å²) in [6.45, 7) is 10.4. The summed E-state index contributed by atoms with van der Waals surface area (Å²) in [5.41, 5.74) is 0. The number of hydrogen-bond donors (Lipinski definition) is 1. The minimum absolute atomic E-state index is 0.186. The van der Waals surface area contributed by atoms with E-state index in [1.54, 1.807) is 0 Å². The molecule has 0 saturated heterocycles. The summed E-state index contributed by atoms with van der Waals surface area (Å²) < 4.78 is 50.1. The lowest BCUT2D eigenvalue weighted by molar-refractivity contribution is 0.123. The van der Waals surface area contributed by atoms with Gasteiger partial charge < -0.3 is 4.74 Å². The van der Waals surface area contributed by atoms with Crippen molar-refractivity contribution in [1.82, 2.24) is 0 Å². The summed E-state index contributed by atoms with van der Waals surface area (Å²) in [4.78, 5) is 0. The molecule has 20 heavy (non-hydrogen) atoms. The third kappa shape index (κ3) is 5.79. The van der Waals surface area contributed by atoms with E-state index in [1.165, 1.54) is 6.92 Å². The lowest BCUT2D eigenvalue weighted by atomic mass is 10.0. The van der Waals surface area contributed by atoms with Crippen LogP contribution in [-0.2, 0) is 14.9 Å². The Labute approximate surface area is 122 Å². The molecule has 0 rings (SSSR count). The Morgan fingerprint density at radius 3 is 2.40 bits per heavy atom. The highest BCUT2D eigenvalue weighted by molar-refractivity contribution is 7.87. The van der Waals surface area contributed by atoms with E-state index in [2.05, 4.69) is 13.5 Å². The molecule has 0 heterocycles. The first-order valence-corrected chi connectivity index (χ1v) is 8.45. The molecule has 0 aliphatic rings. The van der Waals surface area contributed by atoms with Crippen LogP contribution in [-0.4, -0.2) is 24.6 Å². The van der Waals surface area contributed by atoms with E-state index in [1.807, 2.05) is 6.92 Å². The van der Waals surface area contributed by atoms with Crippen LogP contribution in [0.4, 0.5) is 4.39 Å². The van der Waals surface area contributed by atoms with Gasteiger partial charge in [-0.25, -0.2) is 4.39 Å². The Morgan fingerprint density at radius 1 is 1.40 bits per heavy atom. The van der Waals surface area contributed by atoms with Crippen molar-refractivity contribution >= 4 is 10.1 Å². The SMILES string of the molecule is C=C(OCCC(C)C(C)(F)S(=O)(=O)O)C(C)CCCC. The highest BCUT2D eigenvalue weighted by Gasteiger charge is 2.43. The standard InChI is InChI=1S/C14H27FO4S/c1-6-7-8-11(2)13(4)19-10-9-12(3)14(5,15)20(16,17)18/h11-12H,4,6-10H2,1-3,5H3,(H,16,17,18). The molecule has 1 N–H and O–H groups in total. The molecule has 120 valence electrons. The van der Waals surface area contributed by atoms with Crippen molar-refractivity contribution in [2.24, 2.45) is 11.8 Å². The maximum absolute atomic E-state index is 13.9. The van der Waals surface area contributed by atoms with Crippen LogP contribution in [0.1, 0.15) is 53.4 Å². The summed E-state index contributed by atoms with van der Waals surface area (Å²) in [7, 11) is -4.73. The van der Waals surface area contributed by atoms with Gasteiger partial charge in [0, 0.05) is 11.8 Å². The maximum atomic E-state index is 13.9. The molecule has 3 atom stereocenters. The van der Waals surface area contributed by atoms with E-state index in [4.69, 9.17) is 9.29 Å². The van der Waals surface area contributed by atoms with Gasteiger partial charge in [-0.15, -0.1) is 0 Å². The quantitative estimate of drug-likeness (QED) is 0.490. The van der Waals surface area contributed by atoms with Gasteiger partial charge in [-0.2, -0.15) is 8.42 Å². The van der Waals surface area contributed by atoms with E-state index >= 15 is 0 Å². The third-order valence-electron chi connectivity index (χ3n) is 3.76. The molecule has 0 spiro atoms. The largest absolute Gasteiger partial charge is 0.498 e. The minimum Gasteiger partial charge on any atom is -0.498 e. The van der Waals surface area contributed by atoms with Gasteiger partial charge in [-0.3, -0.25) is 4.55 Å². The zero-order chi connectivity index (χ0) is 16.0. The van der Waals surface area contributed by atoms with E-state index in [0.717, 1.165) is 26.2 Å². The molecule has 0 amide bonds. The molecule has 4 nitrogen and oxygen atoms in total. The van der Waals surface area contributed by atoms with E-state index in [-0.39, 0.29) is 18.9 Å². The summed E-state index contributed by atoms with van der Waals surface area (Å²) in [5, 5.41) is -2.66. The highest BCUT2D eigenvalue weighted by atomic mass is 32.2. The van der Waals surface area contributed by atoms with Crippen LogP contribution < -0.4 is 0 Å². The average Bonchev–Trinajstić information content (AvgIpc) is 2.33. The van der Waals surface area contributed by atoms with Gasteiger partial charge >= 0.3 is 0 Å². The number of alkyl halides is 1. The van der Waals surface area contributed by atoms with Gasteiger partial charge in [0.05, 0.1) is 12.4 Å². The number of halogens is 1. The second kappa shape index (κ2) is 7.98. The molecule has 0 bridgehead atoms. The number of allylic oxidation sites excluding steroid dienone is 1. The molecule has 3 unspecified atom stereocenters. The predicted octanol–water partition coefficient (Wildman–Crippen LogP) is 3.94. The van der Waals surface area contributed by atoms with Crippen molar-refractivity contribution in [3.05, 3.63) is 12.3 Å². The topological polar surface area (TPSA) is 63.6 Å². The molecular formula is C14H27FO4S. The molecule has 0 saturated carbocycles. The Balaban J connectivity index is 4.22. The Morgan fingerprint density at radius 2 is 1.95 bits per heavy atom.